The third-order valence-electron chi connectivity index (χ3n) is 4.90. The van der Waals surface area contributed by atoms with E-state index in [1.807, 2.05) is 45.9 Å². The highest BCUT2D eigenvalue weighted by Gasteiger charge is 2.22. The molecule has 2 rings (SSSR count). The molecule has 0 saturated carbocycles. The molecule has 0 aliphatic heterocycles. The van der Waals surface area contributed by atoms with Crippen molar-refractivity contribution in [3.8, 4) is 11.5 Å². The molecule has 1 atom stereocenters. The summed E-state index contributed by atoms with van der Waals surface area (Å²) in [6.07, 6.45) is 1.67. The number of amides is 2. The van der Waals surface area contributed by atoms with Gasteiger partial charge in [-0.25, -0.2) is 5.43 Å². The number of hydrogen-bond acceptors (Lipinski definition) is 7. The third-order valence-corrected chi connectivity index (χ3v) is 4.90. The molecule has 0 saturated heterocycles. The van der Waals surface area contributed by atoms with Crippen molar-refractivity contribution in [2.45, 2.75) is 40.2 Å². The maximum Gasteiger partial charge on any atom is 0.311 e. The van der Waals surface area contributed by atoms with E-state index < -0.39 is 22.8 Å². The Labute approximate surface area is 198 Å². The van der Waals surface area contributed by atoms with Crippen LogP contribution in [0.3, 0.4) is 0 Å². The Morgan fingerprint density at radius 2 is 1.85 bits per heavy atom. The summed E-state index contributed by atoms with van der Waals surface area (Å²) in [6.45, 7) is 7.42. The van der Waals surface area contributed by atoms with Crippen LogP contribution in [-0.2, 0) is 9.59 Å². The summed E-state index contributed by atoms with van der Waals surface area (Å²) >= 11 is 0. The fraction of sp³-hybridized carbons (Fsp3) is 0.375. The van der Waals surface area contributed by atoms with Gasteiger partial charge in [0.05, 0.1) is 18.2 Å². The predicted octanol–water partition coefficient (Wildman–Crippen LogP) is 3.28. The van der Waals surface area contributed by atoms with Crippen LogP contribution in [0.15, 0.2) is 41.5 Å². The quantitative estimate of drug-likeness (QED) is 0.294. The Morgan fingerprint density at radius 1 is 1.18 bits per heavy atom. The SMILES string of the molecule is COc1ccc(/C=N\NC(=O)[C@H](CC(C)C)NC(=O)COc2c(C)cccc2C)cc1[N+](=O)[O-]. The van der Waals surface area contributed by atoms with Crippen LogP contribution in [0.5, 0.6) is 11.5 Å². The molecule has 2 N–H and O–H groups in total. The van der Waals surface area contributed by atoms with Crippen LogP contribution >= 0.6 is 0 Å². The van der Waals surface area contributed by atoms with Crippen LogP contribution < -0.4 is 20.2 Å². The molecule has 0 aromatic heterocycles. The zero-order chi connectivity index (χ0) is 25.3. The molecule has 0 bridgehead atoms. The zero-order valence-electron chi connectivity index (χ0n) is 20.0. The number of rotatable bonds is 11. The number of nitrogens with one attached hydrogen (secondary N) is 2. The fourth-order valence-electron chi connectivity index (χ4n) is 3.28. The molecule has 0 aliphatic carbocycles. The summed E-state index contributed by atoms with van der Waals surface area (Å²) < 4.78 is 10.6. The van der Waals surface area contributed by atoms with E-state index in [9.17, 15) is 19.7 Å². The molecular formula is C24H30N4O6. The van der Waals surface area contributed by atoms with E-state index in [-0.39, 0.29) is 24.0 Å². The van der Waals surface area contributed by atoms with Gasteiger partial charge in [-0.2, -0.15) is 5.10 Å². The van der Waals surface area contributed by atoms with Crippen LogP contribution in [0.25, 0.3) is 0 Å². The topological polar surface area (TPSA) is 132 Å². The van der Waals surface area contributed by atoms with Gasteiger partial charge in [-0.05, 0) is 49.4 Å². The standard InChI is InChI=1S/C24H30N4O6/c1-15(2)11-19(26-22(29)14-34-23-16(3)7-6-8-17(23)4)24(30)27-25-13-18-9-10-21(33-5)20(12-18)28(31)32/h6-10,12-13,15,19H,11,14H2,1-5H3,(H,26,29)(H,27,30)/b25-13-/t19-/m0/s1. The van der Waals surface area contributed by atoms with E-state index in [1.54, 1.807) is 6.07 Å². The number of para-hydroxylation sites is 1. The molecule has 0 spiro atoms. The number of hydrogen-bond donors (Lipinski definition) is 2. The van der Waals surface area contributed by atoms with Crippen molar-refractivity contribution in [3.05, 3.63) is 63.2 Å². The van der Waals surface area contributed by atoms with Crippen molar-refractivity contribution < 1.29 is 24.0 Å². The van der Waals surface area contributed by atoms with Gasteiger partial charge >= 0.3 is 5.69 Å². The van der Waals surface area contributed by atoms with Gasteiger partial charge in [-0.15, -0.1) is 0 Å². The largest absolute Gasteiger partial charge is 0.490 e. The molecule has 0 unspecified atom stereocenters. The summed E-state index contributed by atoms with van der Waals surface area (Å²) in [5.74, 6) is -0.0508. The number of carbonyl (C=O) groups excluding carboxylic acids is 2. The number of nitrogens with zero attached hydrogens (tertiary/aromatic N) is 2. The summed E-state index contributed by atoms with van der Waals surface area (Å²) in [7, 11) is 1.34. The first-order valence-electron chi connectivity index (χ1n) is 10.8. The molecule has 10 nitrogen and oxygen atoms in total. The lowest BCUT2D eigenvalue weighted by Gasteiger charge is -2.19. The minimum absolute atomic E-state index is 0.119. The van der Waals surface area contributed by atoms with Gasteiger partial charge in [0.1, 0.15) is 11.8 Å². The van der Waals surface area contributed by atoms with Crippen molar-refractivity contribution in [1.82, 2.24) is 10.7 Å². The maximum atomic E-state index is 12.7. The number of methoxy groups -OCH3 is 1. The maximum absolute atomic E-state index is 12.7. The second kappa shape index (κ2) is 12.3. The van der Waals surface area contributed by atoms with Gasteiger partial charge in [-0.3, -0.25) is 19.7 Å². The minimum atomic E-state index is -0.823. The lowest BCUT2D eigenvalue weighted by molar-refractivity contribution is -0.385. The molecule has 34 heavy (non-hydrogen) atoms. The second-order valence-corrected chi connectivity index (χ2v) is 8.18. The van der Waals surface area contributed by atoms with E-state index in [2.05, 4.69) is 15.8 Å². The Morgan fingerprint density at radius 3 is 2.44 bits per heavy atom. The van der Waals surface area contributed by atoms with Crippen LogP contribution in [0.1, 0.15) is 37.0 Å². The second-order valence-electron chi connectivity index (χ2n) is 8.18. The first-order chi connectivity index (χ1) is 16.1. The Kier molecular flexibility index (Phi) is 9.54. The molecule has 2 aromatic rings. The highest BCUT2D eigenvalue weighted by Crippen LogP contribution is 2.27. The van der Waals surface area contributed by atoms with E-state index in [4.69, 9.17) is 9.47 Å². The summed E-state index contributed by atoms with van der Waals surface area (Å²) in [5.41, 5.74) is 4.40. The molecule has 0 aliphatic rings. The van der Waals surface area contributed by atoms with Gasteiger partial charge in [0.2, 0.25) is 0 Å². The lowest BCUT2D eigenvalue weighted by atomic mass is 10.0. The summed E-state index contributed by atoms with van der Waals surface area (Å²) in [4.78, 5) is 35.7. The normalized spacial score (nSPS) is 11.8. The molecule has 0 fully saturated rings. The van der Waals surface area contributed by atoms with Crippen molar-refractivity contribution in [2.24, 2.45) is 11.0 Å². The van der Waals surface area contributed by atoms with Gasteiger partial charge in [0.25, 0.3) is 11.8 Å². The van der Waals surface area contributed by atoms with Crippen LogP contribution in [0.2, 0.25) is 0 Å². The van der Waals surface area contributed by atoms with Crippen LogP contribution in [0, 0.1) is 29.9 Å². The van der Waals surface area contributed by atoms with Crippen molar-refractivity contribution in [1.29, 1.82) is 0 Å². The number of carbonyl (C=O) groups is 2. The molecule has 0 radical (unpaired) electrons. The van der Waals surface area contributed by atoms with E-state index >= 15 is 0 Å². The average molecular weight is 471 g/mol. The number of nitro groups is 1. The Hall–Kier alpha value is -3.95. The van der Waals surface area contributed by atoms with Crippen molar-refractivity contribution in [3.63, 3.8) is 0 Å². The number of benzene rings is 2. The number of ether oxygens (including phenoxy) is 2. The minimum Gasteiger partial charge on any atom is -0.490 e. The van der Waals surface area contributed by atoms with Crippen LogP contribution in [-0.4, -0.2) is 42.7 Å². The number of aryl methyl sites for hydroxylation is 2. The first kappa shape index (κ1) is 26.3. The summed E-state index contributed by atoms with van der Waals surface area (Å²) in [6, 6.07) is 9.17. The third kappa shape index (κ3) is 7.58. The van der Waals surface area contributed by atoms with Gasteiger partial charge in [-0.1, -0.05) is 32.0 Å². The monoisotopic (exact) mass is 470 g/mol. The molecule has 2 aromatic carbocycles. The molecule has 182 valence electrons. The van der Waals surface area contributed by atoms with Crippen LogP contribution in [0.4, 0.5) is 5.69 Å². The van der Waals surface area contributed by atoms with Gasteiger partial charge < -0.3 is 14.8 Å². The molecular weight excluding hydrogens is 440 g/mol. The van der Waals surface area contributed by atoms with Gasteiger partial charge in [0.15, 0.2) is 12.4 Å². The zero-order valence-corrected chi connectivity index (χ0v) is 20.0. The first-order valence-corrected chi connectivity index (χ1v) is 10.8. The number of hydrazone groups is 1. The highest BCUT2D eigenvalue weighted by molar-refractivity contribution is 5.89. The van der Waals surface area contributed by atoms with Crippen molar-refractivity contribution >= 4 is 23.7 Å². The van der Waals surface area contributed by atoms with E-state index in [0.717, 1.165) is 11.1 Å². The van der Waals surface area contributed by atoms with E-state index in [0.29, 0.717) is 17.7 Å². The van der Waals surface area contributed by atoms with Gasteiger partial charge in [0, 0.05) is 11.6 Å². The fourth-order valence-corrected chi connectivity index (χ4v) is 3.28. The Balaban J connectivity index is 2.01. The average Bonchev–Trinajstić information content (AvgIpc) is 2.77. The van der Waals surface area contributed by atoms with E-state index in [1.165, 1.54) is 25.5 Å². The molecule has 10 heteroatoms. The Bertz CT molecular complexity index is 1050. The van der Waals surface area contributed by atoms with Crippen molar-refractivity contribution in [2.75, 3.05) is 13.7 Å². The lowest BCUT2D eigenvalue weighted by Crippen LogP contribution is -2.47. The smallest absolute Gasteiger partial charge is 0.311 e. The highest BCUT2D eigenvalue weighted by atomic mass is 16.6. The summed E-state index contributed by atoms with van der Waals surface area (Å²) in [5, 5.41) is 17.7. The molecule has 0 heterocycles. The molecule has 2 amide bonds. The number of nitro benzene ring substituents is 1. The predicted molar refractivity (Wildman–Crippen MR) is 128 cm³/mol.